The molecule has 2 aromatic carbocycles. The largest absolute Gasteiger partial charge is 0.486 e. The van der Waals surface area contributed by atoms with Crippen molar-refractivity contribution in [2.24, 2.45) is 0 Å². The highest BCUT2D eigenvalue weighted by Crippen LogP contribution is 2.30. The lowest BCUT2D eigenvalue weighted by Crippen LogP contribution is -2.80. The van der Waals surface area contributed by atoms with E-state index >= 15 is 0 Å². The molecular weight excluding hydrogens is 238 g/mol. The summed E-state index contributed by atoms with van der Waals surface area (Å²) in [6.07, 6.45) is 0. The van der Waals surface area contributed by atoms with Crippen molar-refractivity contribution >= 4 is 0 Å². The standard InChI is InChI=1S/C16H17NO2/c1-2-4-13(5-3-1)11-17-12-14-6-7-15-16(10-14)19-9-8-18-15/h1-7,10,17H,8-9,11-12H2/p+1. The summed E-state index contributed by atoms with van der Waals surface area (Å²) >= 11 is 0. The molecule has 19 heavy (non-hydrogen) atoms. The third kappa shape index (κ3) is 3.06. The zero-order chi connectivity index (χ0) is 12.9. The Balaban J connectivity index is 1.58. The van der Waals surface area contributed by atoms with E-state index < -0.39 is 0 Å². The zero-order valence-corrected chi connectivity index (χ0v) is 10.8. The number of benzene rings is 2. The molecule has 3 nitrogen and oxygen atoms in total. The van der Waals surface area contributed by atoms with Crippen LogP contribution in [0.1, 0.15) is 11.1 Å². The van der Waals surface area contributed by atoms with Gasteiger partial charge in [0, 0.05) is 11.1 Å². The lowest BCUT2D eigenvalue weighted by molar-refractivity contribution is -0.686. The van der Waals surface area contributed by atoms with Gasteiger partial charge in [-0.1, -0.05) is 30.3 Å². The Morgan fingerprint density at radius 3 is 2.37 bits per heavy atom. The summed E-state index contributed by atoms with van der Waals surface area (Å²) in [5.41, 5.74) is 2.61. The Morgan fingerprint density at radius 2 is 1.53 bits per heavy atom. The SMILES string of the molecule is c1ccc(C[NH2+]Cc2ccc3c(c2)OCCO3)cc1. The van der Waals surface area contributed by atoms with Crippen molar-refractivity contribution < 1.29 is 14.8 Å². The van der Waals surface area contributed by atoms with Crippen LogP contribution in [-0.2, 0) is 13.1 Å². The first kappa shape index (κ1) is 12.1. The number of hydrogen-bond acceptors (Lipinski definition) is 2. The molecule has 0 unspecified atom stereocenters. The van der Waals surface area contributed by atoms with Gasteiger partial charge in [-0.25, -0.2) is 0 Å². The molecule has 0 spiro atoms. The fraction of sp³-hybridized carbons (Fsp3) is 0.250. The molecular formula is C16H18NO2+. The predicted octanol–water partition coefficient (Wildman–Crippen LogP) is 1.72. The maximum Gasteiger partial charge on any atom is 0.161 e. The Bertz CT molecular complexity index is 540. The molecule has 0 saturated heterocycles. The first-order valence-corrected chi connectivity index (χ1v) is 6.66. The first-order chi connectivity index (χ1) is 9.42. The van der Waals surface area contributed by atoms with E-state index in [-0.39, 0.29) is 0 Å². The van der Waals surface area contributed by atoms with E-state index in [1.807, 2.05) is 12.1 Å². The molecule has 1 aliphatic heterocycles. The van der Waals surface area contributed by atoms with Crippen molar-refractivity contribution in [2.45, 2.75) is 13.1 Å². The smallest absolute Gasteiger partial charge is 0.161 e. The second-order valence-electron chi connectivity index (χ2n) is 4.66. The van der Waals surface area contributed by atoms with Gasteiger partial charge in [-0.2, -0.15) is 0 Å². The summed E-state index contributed by atoms with van der Waals surface area (Å²) < 4.78 is 11.1. The Kier molecular flexibility index (Phi) is 3.65. The third-order valence-electron chi connectivity index (χ3n) is 3.21. The molecule has 2 aromatic rings. The molecule has 0 aliphatic carbocycles. The van der Waals surface area contributed by atoms with Gasteiger partial charge in [0.2, 0.25) is 0 Å². The van der Waals surface area contributed by atoms with Crippen LogP contribution in [0.15, 0.2) is 48.5 Å². The maximum atomic E-state index is 5.59. The van der Waals surface area contributed by atoms with E-state index in [0.717, 1.165) is 24.6 Å². The highest BCUT2D eigenvalue weighted by atomic mass is 16.6. The van der Waals surface area contributed by atoms with Crippen LogP contribution < -0.4 is 14.8 Å². The van der Waals surface area contributed by atoms with Crippen molar-refractivity contribution in [1.29, 1.82) is 0 Å². The van der Waals surface area contributed by atoms with Crippen molar-refractivity contribution in [2.75, 3.05) is 13.2 Å². The summed E-state index contributed by atoms with van der Waals surface area (Å²) in [6, 6.07) is 16.7. The molecule has 1 heterocycles. The third-order valence-corrected chi connectivity index (χ3v) is 3.21. The molecule has 0 saturated carbocycles. The monoisotopic (exact) mass is 256 g/mol. The Labute approximate surface area is 113 Å². The first-order valence-electron chi connectivity index (χ1n) is 6.66. The van der Waals surface area contributed by atoms with Crippen molar-refractivity contribution in [1.82, 2.24) is 0 Å². The molecule has 98 valence electrons. The minimum atomic E-state index is 0.643. The quantitative estimate of drug-likeness (QED) is 0.904. The summed E-state index contributed by atoms with van der Waals surface area (Å²) in [6.45, 7) is 3.23. The van der Waals surface area contributed by atoms with E-state index in [2.05, 4.69) is 41.7 Å². The second-order valence-corrected chi connectivity index (χ2v) is 4.66. The molecule has 3 heteroatoms. The summed E-state index contributed by atoms with van der Waals surface area (Å²) in [5.74, 6) is 1.73. The van der Waals surface area contributed by atoms with E-state index in [4.69, 9.17) is 9.47 Å². The molecule has 0 radical (unpaired) electrons. The van der Waals surface area contributed by atoms with Crippen molar-refractivity contribution in [3.05, 3.63) is 59.7 Å². The van der Waals surface area contributed by atoms with Crippen molar-refractivity contribution in [3.8, 4) is 11.5 Å². The maximum absolute atomic E-state index is 5.59. The van der Waals surface area contributed by atoms with Gasteiger partial charge in [0.05, 0.1) is 0 Å². The minimum absolute atomic E-state index is 0.643. The van der Waals surface area contributed by atoms with Crippen LogP contribution in [0, 0.1) is 0 Å². The number of rotatable bonds is 4. The molecule has 0 bridgehead atoms. The van der Waals surface area contributed by atoms with Gasteiger partial charge in [0.25, 0.3) is 0 Å². The Morgan fingerprint density at radius 1 is 0.789 bits per heavy atom. The lowest BCUT2D eigenvalue weighted by Gasteiger charge is -2.18. The average molecular weight is 256 g/mol. The highest BCUT2D eigenvalue weighted by molar-refractivity contribution is 5.43. The van der Waals surface area contributed by atoms with E-state index in [9.17, 15) is 0 Å². The second kappa shape index (κ2) is 5.76. The Hall–Kier alpha value is -2.00. The summed E-state index contributed by atoms with van der Waals surface area (Å²) in [4.78, 5) is 0. The minimum Gasteiger partial charge on any atom is -0.486 e. The van der Waals surface area contributed by atoms with Crippen LogP contribution in [0.4, 0.5) is 0 Å². The van der Waals surface area contributed by atoms with Gasteiger partial charge in [0.1, 0.15) is 26.3 Å². The lowest BCUT2D eigenvalue weighted by atomic mass is 10.2. The van der Waals surface area contributed by atoms with Gasteiger partial charge in [-0.15, -0.1) is 0 Å². The molecule has 1 aliphatic rings. The number of quaternary nitrogens is 1. The van der Waals surface area contributed by atoms with Gasteiger partial charge in [-0.3, -0.25) is 0 Å². The number of ether oxygens (including phenoxy) is 2. The van der Waals surface area contributed by atoms with E-state index in [0.29, 0.717) is 13.2 Å². The highest BCUT2D eigenvalue weighted by Gasteiger charge is 2.11. The van der Waals surface area contributed by atoms with Crippen molar-refractivity contribution in [3.63, 3.8) is 0 Å². The molecule has 0 atom stereocenters. The van der Waals surface area contributed by atoms with E-state index in [1.165, 1.54) is 11.1 Å². The number of hydrogen-bond donors (Lipinski definition) is 1. The van der Waals surface area contributed by atoms with Crippen LogP contribution in [0.25, 0.3) is 0 Å². The molecule has 0 fully saturated rings. The molecule has 0 aromatic heterocycles. The normalized spacial score (nSPS) is 13.3. The molecule has 2 N–H and O–H groups in total. The van der Waals surface area contributed by atoms with Crippen LogP contribution >= 0.6 is 0 Å². The fourth-order valence-corrected chi connectivity index (χ4v) is 2.23. The van der Waals surface area contributed by atoms with E-state index in [1.54, 1.807) is 0 Å². The van der Waals surface area contributed by atoms with Gasteiger partial charge in [0.15, 0.2) is 11.5 Å². The molecule has 3 rings (SSSR count). The summed E-state index contributed by atoms with van der Waals surface area (Å²) in [7, 11) is 0. The zero-order valence-electron chi connectivity index (χ0n) is 10.8. The van der Waals surface area contributed by atoms with Gasteiger partial charge >= 0.3 is 0 Å². The topological polar surface area (TPSA) is 35.1 Å². The fourth-order valence-electron chi connectivity index (χ4n) is 2.23. The van der Waals surface area contributed by atoms with Crippen LogP contribution in [0.2, 0.25) is 0 Å². The van der Waals surface area contributed by atoms with Gasteiger partial charge < -0.3 is 14.8 Å². The van der Waals surface area contributed by atoms with Crippen LogP contribution in [0.5, 0.6) is 11.5 Å². The average Bonchev–Trinajstić information content (AvgIpc) is 2.48. The predicted molar refractivity (Wildman–Crippen MR) is 73.2 cm³/mol. The molecule has 0 amide bonds. The summed E-state index contributed by atoms with van der Waals surface area (Å²) in [5, 5.41) is 2.29. The number of nitrogens with two attached hydrogens (primary N) is 1. The van der Waals surface area contributed by atoms with Gasteiger partial charge in [-0.05, 0) is 18.2 Å². The van der Waals surface area contributed by atoms with Crippen LogP contribution in [-0.4, -0.2) is 13.2 Å². The number of fused-ring (bicyclic) bond motifs is 1. The van der Waals surface area contributed by atoms with Crippen LogP contribution in [0.3, 0.4) is 0 Å².